The van der Waals surface area contributed by atoms with E-state index in [-0.39, 0.29) is 13.0 Å². The van der Waals surface area contributed by atoms with Crippen molar-refractivity contribution in [1.82, 2.24) is 0 Å². The van der Waals surface area contributed by atoms with Gasteiger partial charge in [-0.15, -0.1) is 0 Å². The zero-order chi connectivity index (χ0) is 19.9. The van der Waals surface area contributed by atoms with Crippen molar-refractivity contribution in [3.63, 3.8) is 0 Å². The van der Waals surface area contributed by atoms with Gasteiger partial charge in [0.1, 0.15) is 0 Å². The topological polar surface area (TPSA) is 55.8 Å². The molecule has 0 fully saturated rings. The fourth-order valence-electron chi connectivity index (χ4n) is 1.75. The van der Waals surface area contributed by atoms with E-state index in [1.54, 1.807) is 6.92 Å². The van der Waals surface area contributed by atoms with Crippen LogP contribution in [0.1, 0.15) is 46.5 Å². The highest BCUT2D eigenvalue weighted by Gasteiger charge is 2.69. The molecule has 4 nitrogen and oxygen atoms in total. The van der Waals surface area contributed by atoms with E-state index >= 15 is 0 Å². The number of alkyl halides is 6. The molecule has 0 aliphatic carbocycles. The van der Waals surface area contributed by atoms with Gasteiger partial charge in [-0.1, -0.05) is 20.3 Å². The van der Waals surface area contributed by atoms with Gasteiger partial charge in [0.2, 0.25) is 0 Å². The second-order valence-corrected chi connectivity index (χ2v) is 6.06. The average Bonchev–Trinajstić information content (AvgIpc) is 2.48. The first kappa shape index (κ1) is 24.0. The lowest BCUT2D eigenvalue weighted by Crippen LogP contribution is -2.57. The van der Waals surface area contributed by atoms with Crippen molar-refractivity contribution in [2.45, 2.75) is 64.4 Å². The molecule has 10 heteroatoms. The van der Waals surface area contributed by atoms with Gasteiger partial charge in [0.25, 0.3) is 5.60 Å². The number of carbonyl (C=O) groups excluding carboxylic acids is 1. The molecule has 0 aliphatic heterocycles. The van der Waals surface area contributed by atoms with Crippen LogP contribution >= 0.6 is 0 Å². The first-order chi connectivity index (χ1) is 11.2. The maximum absolute atomic E-state index is 12.5. The van der Waals surface area contributed by atoms with Crippen LogP contribution in [0.15, 0.2) is 0 Å². The number of halogens is 6. The molecule has 0 saturated heterocycles. The van der Waals surface area contributed by atoms with E-state index in [1.807, 2.05) is 6.92 Å². The van der Waals surface area contributed by atoms with Gasteiger partial charge in [0.15, 0.2) is 0 Å². The third kappa shape index (κ3) is 6.32. The van der Waals surface area contributed by atoms with Crippen LogP contribution in [-0.2, 0) is 14.3 Å². The highest BCUT2D eigenvalue weighted by atomic mass is 19.4. The molecule has 1 atom stereocenters. The SMILES string of the molecule is CCCCOC(=O)C(C)(CC)COCCC(O)(C(F)(F)F)C(F)(F)F. The van der Waals surface area contributed by atoms with Crippen LogP contribution in [0, 0.1) is 5.41 Å². The minimum absolute atomic E-state index is 0.173. The smallest absolute Gasteiger partial charge is 0.426 e. The Hall–Kier alpha value is -1.03. The zero-order valence-corrected chi connectivity index (χ0v) is 14.4. The molecular weight excluding hydrogens is 358 g/mol. The number of hydrogen-bond acceptors (Lipinski definition) is 4. The van der Waals surface area contributed by atoms with E-state index in [1.165, 1.54) is 6.92 Å². The summed E-state index contributed by atoms with van der Waals surface area (Å²) in [6, 6.07) is 0. The summed E-state index contributed by atoms with van der Waals surface area (Å²) in [5.74, 6) is -0.634. The predicted molar refractivity (Wildman–Crippen MR) is 76.8 cm³/mol. The number of aliphatic hydroxyl groups is 1. The summed E-state index contributed by atoms with van der Waals surface area (Å²) in [4.78, 5) is 12.0. The van der Waals surface area contributed by atoms with Crippen LogP contribution in [0.2, 0.25) is 0 Å². The summed E-state index contributed by atoms with van der Waals surface area (Å²) in [5, 5.41) is 9.00. The van der Waals surface area contributed by atoms with Crippen LogP contribution in [-0.4, -0.2) is 48.9 Å². The molecule has 0 radical (unpaired) electrons. The number of esters is 1. The lowest BCUT2D eigenvalue weighted by atomic mass is 9.88. The number of unbranched alkanes of at least 4 members (excludes halogenated alkanes) is 1. The molecule has 0 amide bonds. The Morgan fingerprint density at radius 1 is 1.00 bits per heavy atom. The van der Waals surface area contributed by atoms with Gasteiger partial charge >= 0.3 is 18.3 Å². The van der Waals surface area contributed by atoms with Gasteiger partial charge in [0.05, 0.1) is 25.2 Å². The lowest BCUT2D eigenvalue weighted by Gasteiger charge is -2.32. The number of carbonyl (C=O) groups is 1. The lowest BCUT2D eigenvalue weighted by molar-refractivity contribution is -0.371. The van der Waals surface area contributed by atoms with Crippen molar-refractivity contribution in [1.29, 1.82) is 0 Å². The standard InChI is InChI=1S/C15H24F6O4/c1-4-6-8-25-11(22)12(3,5-2)10-24-9-7-13(23,14(16,17)18)15(19,20)21/h23H,4-10H2,1-3H3. The molecule has 1 unspecified atom stereocenters. The first-order valence-electron chi connectivity index (χ1n) is 7.86. The normalized spacial score (nSPS) is 15.8. The molecule has 0 aromatic heterocycles. The van der Waals surface area contributed by atoms with Crippen molar-refractivity contribution < 1.29 is 45.7 Å². The quantitative estimate of drug-likeness (QED) is 0.352. The summed E-state index contributed by atoms with van der Waals surface area (Å²) in [6.07, 6.45) is -11.8. The summed E-state index contributed by atoms with van der Waals surface area (Å²) in [6.45, 7) is 3.69. The summed E-state index contributed by atoms with van der Waals surface area (Å²) < 4.78 is 85.0. The van der Waals surface area contributed by atoms with E-state index in [4.69, 9.17) is 14.6 Å². The van der Waals surface area contributed by atoms with Crippen molar-refractivity contribution in [2.24, 2.45) is 5.41 Å². The largest absolute Gasteiger partial charge is 0.465 e. The fraction of sp³-hybridized carbons (Fsp3) is 0.933. The van der Waals surface area contributed by atoms with E-state index in [2.05, 4.69) is 0 Å². The summed E-state index contributed by atoms with van der Waals surface area (Å²) >= 11 is 0. The van der Waals surface area contributed by atoms with Crippen LogP contribution in [0.25, 0.3) is 0 Å². The molecule has 0 bridgehead atoms. The Labute approximate surface area is 142 Å². The predicted octanol–water partition coefficient (Wildman–Crippen LogP) is 4.01. The number of rotatable bonds is 10. The Balaban J connectivity index is 4.72. The summed E-state index contributed by atoms with van der Waals surface area (Å²) in [5.41, 5.74) is -6.05. The molecular formula is C15H24F6O4. The number of ether oxygens (including phenoxy) is 2. The van der Waals surface area contributed by atoms with Gasteiger partial charge in [-0.25, -0.2) is 0 Å². The molecule has 150 valence electrons. The highest BCUT2D eigenvalue weighted by molar-refractivity contribution is 5.76. The van der Waals surface area contributed by atoms with E-state index in [0.29, 0.717) is 6.42 Å². The molecule has 0 heterocycles. The van der Waals surface area contributed by atoms with Crippen LogP contribution in [0.4, 0.5) is 26.3 Å². The molecule has 0 spiro atoms. The second-order valence-electron chi connectivity index (χ2n) is 6.06. The molecule has 25 heavy (non-hydrogen) atoms. The van der Waals surface area contributed by atoms with Crippen molar-refractivity contribution in [3.8, 4) is 0 Å². The molecule has 1 N–H and O–H groups in total. The molecule has 0 aliphatic rings. The fourth-order valence-corrected chi connectivity index (χ4v) is 1.75. The van der Waals surface area contributed by atoms with Crippen LogP contribution < -0.4 is 0 Å². The highest BCUT2D eigenvalue weighted by Crippen LogP contribution is 2.45. The molecule has 0 aromatic carbocycles. The third-order valence-electron chi connectivity index (χ3n) is 3.97. The monoisotopic (exact) mass is 382 g/mol. The van der Waals surface area contributed by atoms with E-state index < -0.39 is 49.0 Å². The Morgan fingerprint density at radius 3 is 1.92 bits per heavy atom. The average molecular weight is 382 g/mol. The van der Waals surface area contributed by atoms with Gasteiger partial charge in [-0.2, -0.15) is 26.3 Å². The van der Waals surface area contributed by atoms with Crippen LogP contribution in [0.5, 0.6) is 0 Å². The van der Waals surface area contributed by atoms with E-state index in [9.17, 15) is 31.1 Å². The molecule has 0 saturated carbocycles. The third-order valence-corrected chi connectivity index (χ3v) is 3.97. The first-order valence-corrected chi connectivity index (χ1v) is 7.86. The van der Waals surface area contributed by atoms with Crippen molar-refractivity contribution in [3.05, 3.63) is 0 Å². The summed E-state index contributed by atoms with van der Waals surface area (Å²) in [7, 11) is 0. The molecule has 0 rings (SSSR count). The molecule has 0 aromatic rings. The van der Waals surface area contributed by atoms with Gasteiger partial charge in [-0.05, 0) is 19.8 Å². The van der Waals surface area contributed by atoms with Gasteiger partial charge in [0, 0.05) is 6.42 Å². The van der Waals surface area contributed by atoms with Crippen molar-refractivity contribution >= 4 is 5.97 Å². The Kier molecular flexibility index (Phi) is 8.69. The van der Waals surface area contributed by atoms with E-state index in [0.717, 1.165) is 6.42 Å². The minimum atomic E-state index is -5.89. The van der Waals surface area contributed by atoms with Crippen LogP contribution in [0.3, 0.4) is 0 Å². The Morgan fingerprint density at radius 2 is 1.52 bits per heavy atom. The maximum Gasteiger partial charge on any atom is 0.426 e. The van der Waals surface area contributed by atoms with Gasteiger partial charge in [-0.3, -0.25) is 4.79 Å². The van der Waals surface area contributed by atoms with Crippen molar-refractivity contribution in [2.75, 3.05) is 19.8 Å². The zero-order valence-electron chi connectivity index (χ0n) is 14.4. The Bertz CT molecular complexity index is 407. The maximum atomic E-state index is 12.5. The number of hydrogen-bond donors (Lipinski definition) is 1. The van der Waals surface area contributed by atoms with Gasteiger partial charge < -0.3 is 14.6 Å². The second kappa shape index (κ2) is 9.07. The minimum Gasteiger partial charge on any atom is -0.465 e.